The van der Waals surface area contributed by atoms with Gasteiger partial charge in [0, 0.05) is 12.5 Å². The Morgan fingerprint density at radius 3 is 2.70 bits per heavy atom. The highest BCUT2D eigenvalue weighted by molar-refractivity contribution is 5.82. The molecule has 168 valence electrons. The molecule has 0 unspecified atom stereocenters. The van der Waals surface area contributed by atoms with Crippen molar-refractivity contribution in [3.05, 3.63) is 35.8 Å². The van der Waals surface area contributed by atoms with Gasteiger partial charge >= 0.3 is 0 Å². The van der Waals surface area contributed by atoms with E-state index in [4.69, 9.17) is 4.42 Å². The molecule has 4 heteroatoms. The minimum atomic E-state index is -0.260. The molecule has 0 aliphatic heterocycles. The number of nitrogens with one attached hydrogen (secondary N) is 1. The van der Waals surface area contributed by atoms with Crippen molar-refractivity contribution in [2.75, 3.05) is 20.1 Å². The van der Waals surface area contributed by atoms with Gasteiger partial charge in [0.25, 0.3) is 0 Å². The third kappa shape index (κ3) is 4.12. The highest BCUT2D eigenvalue weighted by Gasteiger charge is 2.56. The van der Waals surface area contributed by atoms with Crippen LogP contribution in [0.5, 0.6) is 0 Å². The summed E-state index contributed by atoms with van der Waals surface area (Å²) >= 11 is 0. The zero-order valence-electron chi connectivity index (χ0n) is 19.9. The molecule has 1 heterocycles. The third-order valence-electron chi connectivity index (χ3n) is 8.57. The van der Waals surface area contributed by atoms with Crippen molar-refractivity contribution < 1.29 is 9.21 Å². The predicted octanol–water partition coefficient (Wildman–Crippen LogP) is 5.58. The lowest BCUT2D eigenvalue weighted by Crippen LogP contribution is -2.55. The summed E-state index contributed by atoms with van der Waals surface area (Å²) in [4.78, 5) is 15.3. The summed E-state index contributed by atoms with van der Waals surface area (Å²) in [7, 11) is 1.79. The quantitative estimate of drug-likeness (QED) is 0.565. The second kappa shape index (κ2) is 9.30. The Morgan fingerprint density at radius 2 is 2.03 bits per heavy atom. The SMILES string of the molecule is C=C1CC[C@@H]2[C@](C)(CCC[C@]2(C)C(=O)NC)[C@@H]1CCc1ccoc1CN(CC)CC. The largest absolute Gasteiger partial charge is 0.468 e. The number of aryl methyl sites for hydroxylation is 1. The second-order valence-corrected chi connectivity index (χ2v) is 10.0. The first-order chi connectivity index (χ1) is 14.3. The number of hydrogen-bond acceptors (Lipinski definition) is 3. The topological polar surface area (TPSA) is 45.5 Å². The number of hydrogen-bond donors (Lipinski definition) is 1. The van der Waals surface area contributed by atoms with Crippen molar-refractivity contribution in [1.29, 1.82) is 0 Å². The van der Waals surface area contributed by atoms with E-state index < -0.39 is 0 Å². The Kier molecular flexibility index (Phi) is 7.16. The van der Waals surface area contributed by atoms with Crippen molar-refractivity contribution in [3.8, 4) is 0 Å². The first kappa shape index (κ1) is 23.1. The standard InChI is InChI=1S/C26H42N2O2/c1-7-28(8-2)18-22-20(14-17-30-22)11-12-21-19(3)10-13-23-25(21,4)15-9-16-26(23,5)24(29)27-6/h14,17,21,23H,3,7-13,15-16,18H2,1-2,4-6H3,(H,27,29)/t21-,23-,25-,26+/m1/s1. The Balaban J connectivity index is 1.78. The van der Waals surface area contributed by atoms with E-state index in [9.17, 15) is 4.79 Å². The number of carbonyl (C=O) groups is 1. The zero-order valence-corrected chi connectivity index (χ0v) is 19.9. The van der Waals surface area contributed by atoms with Crippen molar-refractivity contribution in [2.45, 2.75) is 79.2 Å². The lowest BCUT2D eigenvalue weighted by Gasteiger charge is -2.58. The number of amides is 1. The highest BCUT2D eigenvalue weighted by atomic mass is 16.3. The van der Waals surface area contributed by atoms with Crippen molar-refractivity contribution in [3.63, 3.8) is 0 Å². The van der Waals surface area contributed by atoms with Gasteiger partial charge < -0.3 is 9.73 Å². The molecule has 0 spiro atoms. The molecule has 0 aromatic carbocycles. The van der Waals surface area contributed by atoms with E-state index in [2.05, 4.69) is 50.6 Å². The third-order valence-corrected chi connectivity index (χ3v) is 8.57. The van der Waals surface area contributed by atoms with Gasteiger partial charge in [-0.3, -0.25) is 9.69 Å². The van der Waals surface area contributed by atoms with Crippen LogP contribution in [0.1, 0.15) is 77.5 Å². The molecule has 2 saturated carbocycles. The molecule has 2 aliphatic carbocycles. The fourth-order valence-electron chi connectivity index (χ4n) is 6.72. The molecule has 1 aromatic rings. The van der Waals surface area contributed by atoms with Crippen LogP contribution in [-0.2, 0) is 17.8 Å². The normalized spacial score (nSPS) is 31.6. The number of allylic oxidation sites excluding steroid dienone is 1. The van der Waals surface area contributed by atoms with Crippen molar-refractivity contribution >= 4 is 5.91 Å². The van der Waals surface area contributed by atoms with Crippen LogP contribution in [0, 0.1) is 22.7 Å². The number of fused-ring (bicyclic) bond motifs is 1. The Hall–Kier alpha value is -1.55. The van der Waals surface area contributed by atoms with Crippen molar-refractivity contribution in [1.82, 2.24) is 10.2 Å². The maximum atomic E-state index is 12.9. The molecule has 1 N–H and O–H groups in total. The number of carbonyl (C=O) groups excluding carboxylic acids is 1. The smallest absolute Gasteiger partial charge is 0.225 e. The number of rotatable bonds is 8. The summed E-state index contributed by atoms with van der Waals surface area (Å²) < 4.78 is 5.86. The summed E-state index contributed by atoms with van der Waals surface area (Å²) in [6.45, 7) is 16.5. The van der Waals surface area contributed by atoms with Gasteiger partial charge in [-0.2, -0.15) is 0 Å². The van der Waals surface area contributed by atoms with Gasteiger partial charge in [0.15, 0.2) is 0 Å². The minimum Gasteiger partial charge on any atom is -0.468 e. The summed E-state index contributed by atoms with van der Waals surface area (Å²) in [6.07, 6.45) is 9.44. The van der Waals surface area contributed by atoms with Gasteiger partial charge in [-0.1, -0.05) is 46.3 Å². The number of furan rings is 1. The minimum absolute atomic E-state index is 0.150. The van der Waals surface area contributed by atoms with Gasteiger partial charge in [0.1, 0.15) is 5.76 Å². The molecule has 1 amide bonds. The lowest BCUT2D eigenvalue weighted by atomic mass is 9.46. The van der Waals surface area contributed by atoms with Gasteiger partial charge in [-0.25, -0.2) is 0 Å². The molecule has 4 atom stereocenters. The van der Waals surface area contributed by atoms with Crippen LogP contribution in [-0.4, -0.2) is 30.9 Å². The lowest BCUT2D eigenvalue weighted by molar-refractivity contribution is -0.145. The summed E-state index contributed by atoms with van der Waals surface area (Å²) in [5, 5.41) is 2.96. The van der Waals surface area contributed by atoms with Gasteiger partial charge in [-0.05, 0) is 80.5 Å². The fourth-order valence-corrected chi connectivity index (χ4v) is 6.72. The average molecular weight is 415 g/mol. The van der Waals surface area contributed by atoms with Crippen LogP contribution in [0.4, 0.5) is 0 Å². The molecule has 4 nitrogen and oxygen atoms in total. The molecule has 0 bridgehead atoms. The van der Waals surface area contributed by atoms with E-state index in [-0.39, 0.29) is 16.7 Å². The van der Waals surface area contributed by atoms with Crippen LogP contribution in [0.3, 0.4) is 0 Å². The maximum Gasteiger partial charge on any atom is 0.225 e. The molecule has 3 rings (SSSR count). The first-order valence-electron chi connectivity index (χ1n) is 12.0. The average Bonchev–Trinajstić information content (AvgIpc) is 3.17. The van der Waals surface area contributed by atoms with E-state index >= 15 is 0 Å². The summed E-state index contributed by atoms with van der Waals surface area (Å²) in [6, 6.07) is 2.15. The highest BCUT2D eigenvalue weighted by Crippen LogP contribution is 2.61. The van der Waals surface area contributed by atoms with Gasteiger partial charge in [0.05, 0.1) is 12.8 Å². The van der Waals surface area contributed by atoms with Crippen LogP contribution in [0.2, 0.25) is 0 Å². The molecule has 30 heavy (non-hydrogen) atoms. The van der Waals surface area contributed by atoms with Crippen molar-refractivity contribution in [2.24, 2.45) is 22.7 Å². The van der Waals surface area contributed by atoms with Crippen LogP contribution < -0.4 is 5.32 Å². The van der Waals surface area contributed by atoms with Crippen LogP contribution >= 0.6 is 0 Å². The molecule has 2 fully saturated rings. The summed E-state index contributed by atoms with van der Waals surface area (Å²) in [5.74, 6) is 2.23. The van der Waals surface area contributed by atoms with E-state index in [1.165, 1.54) is 17.6 Å². The molecule has 2 aliphatic rings. The first-order valence-corrected chi connectivity index (χ1v) is 12.0. The van der Waals surface area contributed by atoms with E-state index in [1.807, 2.05) is 6.26 Å². The van der Waals surface area contributed by atoms with E-state index in [1.54, 1.807) is 7.05 Å². The molecule has 0 saturated heterocycles. The zero-order chi connectivity index (χ0) is 21.9. The molecule has 0 radical (unpaired) electrons. The summed E-state index contributed by atoms with van der Waals surface area (Å²) in [5.41, 5.74) is 2.62. The monoisotopic (exact) mass is 414 g/mol. The molecule has 1 aromatic heterocycles. The predicted molar refractivity (Wildman–Crippen MR) is 123 cm³/mol. The second-order valence-electron chi connectivity index (χ2n) is 10.0. The van der Waals surface area contributed by atoms with Crippen LogP contribution in [0.15, 0.2) is 28.9 Å². The Bertz CT molecular complexity index is 750. The van der Waals surface area contributed by atoms with E-state index in [0.717, 1.165) is 63.9 Å². The van der Waals surface area contributed by atoms with Crippen LogP contribution in [0.25, 0.3) is 0 Å². The Morgan fingerprint density at radius 1 is 1.30 bits per heavy atom. The van der Waals surface area contributed by atoms with Gasteiger partial charge in [0.2, 0.25) is 5.91 Å². The maximum absolute atomic E-state index is 12.9. The Labute approximate surface area is 183 Å². The van der Waals surface area contributed by atoms with E-state index in [0.29, 0.717) is 11.8 Å². The molecular weight excluding hydrogens is 372 g/mol. The van der Waals surface area contributed by atoms with Gasteiger partial charge in [-0.15, -0.1) is 0 Å². The molecular formula is C26H42N2O2. The fraction of sp³-hybridized carbons (Fsp3) is 0.731. The number of nitrogens with zero attached hydrogens (tertiary/aromatic N) is 1.